The molecule has 3 N–H and O–H groups in total. The number of nitrogens with zero attached hydrogens (tertiary/aromatic N) is 2. The fraction of sp³-hybridized carbons (Fsp3) is 0.619. The number of nitrogens with one attached hydrogen (secondary N) is 1. The third kappa shape index (κ3) is 6.57. The van der Waals surface area contributed by atoms with Crippen LogP contribution in [0.3, 0.4) is 0 Å². The van der Waals surface area contributed by atoms with E-state index >= 15 is 0 Å². The van der Waals surface area contributed by atoms with Crippen LogP contribution in [0.5, 0.6) is 0 Å². The molecule has 0 aromatic heterocycles. The number of anilines is 1. The lowest BCUT2D eigenvalue weighted by molar-refractivity contribution is -0.125. The molecule has 166 valence electrons. The van der Waals surface area contributed by atoms with Crippen LogP contribution in [-0.2, 0) is 4.79 Å². The number of rotatable bonds is 7. The topological polar surface area (TPSA) is 78.7 Å². The normalized spacial score (nSPS) is 16.9. The van der Waals surface area contributed by atoms with Gasteiger partial charge in [0.25, 0.3) is 5.91 Å². The summed E-state index contributed by atoms with van der Waals surface area (Å²) in [7, 11) is 3.97. The van der Waals surface area contributed by atoms with Crippen molar-refractivity contribution >= 4 is 42.3 Å². The lowest BCUT2D eigenvalue weighted by Crippen LogP contribution is -2.47. The first-order valence-electron chi connectivity index (χ1n) is 9.94. The molecule has 2 rings (SSSR count). The minimum absolute atomic E-state index is 0. The number of amides is 2. The lowest BCUT2D eigenvalue weighted by atomic mass is 9.81. The zero-order chi connectivity index (χ0) is 20.0. The Morgan fingerprint density at radius 2 is 1.79 bits per heavy atom. The molecule has 1 unspecified atom stereocenters. The minimum atomic E-state index is -0.540. The van der Waals surface area contributed by atoms with Gasteiger partial charge in [0, 0.05) is 37.4 Å². The van der Waals surface area contributed by atoms with Gasteiger partial charge in [-0.1, -0.05) is 13.8 Å². The predicted octanol–water partition coefficient (Wildman–Crippen LogP) is 3.40. The van der Waals surface area contributed by atoms with Crippen LogP contribution in [0.15, 0.2) is 24.3 Å². The van der Waals surface area contributed by atoms with Gasteiger partial charge in [-0.2, -0.15) is 0 Å². The standard InChI is InChI=1S/C21H34N4O2.2ClH/c1-5-21(6-2,15-22)20(27)23-17-11-9-16(10-12-17)19(26)25(4)18-8-7-13-24(3)14-18;;/h9-12,18H,5-8,13-15,22H2,1-4H3,(H,23,27);2*1H. The van der Waals surface area contributed by atoms with Gasteiger partial charge in [-0.05, 0) is 63.5 Å². The second-order valence-electron chi connectivity index (χ2n) is 7.70. The molecule has 1 aromatic carbocycles. The number of benzene rings is 1. The summed E-state index contributed by atoms with van der Waals surface area (Å²) < 4.78 is 0. The van der Waals surface area contributed by atoms with E-state index in [4.69, 9.17) is 5.73 Å². The molecule has 1 atom stereocenters. The van der Waals surface area contributed by atoms with Crippen LogP contribution in [0, 0.1) is 5.41 Å². The van der Waals surface area contributed by atoms with Gasteiger partial charge >= 0.3 is 0 Å². The maximum Gasteiger partial charge on any atom is 0.253 e. The quantitative estimate of drug-likeness (QED) is 0.672. The monoisotopic (exact) mass is 446 g/mol. The fourth-order valence-electron chi connectivity index (χ4n) is 3.74. The fourth-order valence-corrected chi connectivity index (χ4v) is 3.74. The van der Waals surface area contributed by atoms with Crippen molar-refractivity contribution in [3.63, 3.8) is 0 Å². The molecule has 0 bridgehead atoms. The SMILES string of the molecule is CCC(CC)(CN)C(=O)Nc1ccc(C(=O)N(C)C2CCCN(C)C2)cc1.Cl.Cl. The van der Waals surface area contributed by atoms with E-state index in [0.29, 0.717) is 30.6 Å². The third-order valence-electron chi connectivity index (χ3n) is 6.08. The summed E-state index contributed by atoms with van der Waals surface area (Å²) in [6.45, 7) is 6.29. The summed E-state index contributed by atoms with van der Waals surface area (Å²) in [5, 5.41) is 2.95. The van der Waals surface area contributed by atoms with E-state index in [9.17, 15) is 9.59 Å². The number of piperidine rings is 1. The number of nitrogens with two attached hydrogens (primary N) is 1. The number of likely N-dealkylation sites (N-methyl/N-ethyl adjacent to an activating group) is 2. The molecule has 2 amide bonds. The Labute approximate surface area is 187 Å². The smallest absolute Gasteiger partial charge is 0.253 e. The van der Waals surface area contributed by atoms with E-state index in [1.54, 1.807) is 24.3 Å². The maximum absolute atomic E-state index is 12.8. The summed E-state index contributed by atoms with van der Waals surface area (Å²) in [6.07, 6.45) is 3.55. The first-order chi connectivity index (χ1) is 12.9. The molecular weight excluding hydrogens is 411 g/mol. The van der Waals surface area contributed by atoms with Gasteiger partial charge in [-0.15, -0.1) is 24.8 Å². The van der Waals surface area contributed by atoms with Crippen molar-refractivity contribution in [2.45, 2.75) is 45.6 Å². The maximum atomic E-state index is 12.8. The van der Waals surface area contributed by atoms with Gasteiger partial charge in [0.2, 0.25) is 5.91 Å². The van der Waals surface area contributed by atoms with Crippen LogP contribution in [0.25, 0.3) is 0 Å². The Morgan fingerprint density at radius 3 is 2.28 bits per heavy atom. The number of hydrogen-bond acceptors (Lipinski definition) is 4. The van der Waals surface area contributed by atoms with Gasteiger partial charge in [0.1, 0.15) is 0 Å². The Morgan fingerprint density at radius 1 is 1.21 bits per heavy atom. The van der Waals surface area contributed by atoms with Crippen molar-refractivity contribution in [3.05, 3.63) is 29.8 Å². The summed E-state index contributed by atoms with van der Waals surface area (Å²) in [5.41, 5.74) is 6.64. The Balaban J connectivity index is 0.00000392. The highest BCUT2D eigenvalue weighted by Gasteiger charge is 2.33. The van der Waals surface area contributed by atoms with Crippen molar-refractivity contribution in [1.29, 1.82) is 0 Å². The van der Waals surface area contributed by atoms with Gasteiger partial charge in [0.15, 0.2) is 0 Å². The molecule has 6 nitrogen and oxygen atoms in total. The second-order valence-corrected chi connectivity index (χ2v) is 7.70. The van der Waals surface area contributed by atoms with Crippen molar-refractivity contribution in [2.24, 2.45) is 11.1 Å². The first-order valence-corrected chi connectivity index (χ1v) is 9.94. The third-order valence-corrected chi connectivity index (χ3v) is 6.08. The van der Waals surface area contributed by atoms with Gasteiger partial charge in [-0.3, -0.25) is 9.59 Å². The Hall–Kier alpha value is -1.34. The summed E-state index contributed by atoms with van der Waals surface area (Å²) >= 11 is 0. The van der Waals surface area contributed by atoms with Crippen LogP contribution in [-0.4, -0.2) is 61.4 Å². The molecule has 1 aliphatic rings. The van der Waals surface area contributed by atoms with Crippen molar-refractivity contribution in [1.82, 2.24) is 9.80 Å². The van der Waals surface area contributed by atoms with E-state index in [1.807, 2.05) is 25.8 Å². The average molecular weight is 447 g/mol. The van der Waals surface area contributed by atoms with Crippen LogP contribution in [0.1, 0.15) is 49.9 Å². The molecule has 1 heterocycles. The zero-order valence-electron chi connectivity index (χ0n) is 17.9. The largest absolute Gasteiger partial charge is 0.337 e. The molecule has 1 saturated heterocycles. The number of carbonyl (C=O) groups excluding carboxylic acids is 2. The number of carbonyl (C=O) groups is 2. The van der Waals surface area contributed by atoms with E-state index in [-0.39, 0.29) is 42.7 Å². The number of halogens is 2. The van der Waals surface area contributed by atoms with E-state index in [2.05, 4.69) is 17.3 Å². The summed E-state index contributed by atoms with van der Waals surface area (Å²) in [4.78, 5) is 29.5. The van der Waals surface area contributed by atoms with Crippen LogP contribution in [0.4, 0.5) is 5.69 Å². The molecule has 0 saturated carbocycles. The minimum Gasteiger partial charge on any atom is -0.337 e. The highest BCUT2D eigenvalue weighted by Crippen LogP contribution is 2.27. The number of hydrogen-bond donors (Lipinski definition) is 2. The Kier molecular flexibility index (Phi) is 11.8. The van der Waals surface area contributed by atoms with Crippen molar-refractivity contribution in [2.75, 3.05) is 39.0 Å². The highest BCUT2D eigenvalue weighted by molar-refractivity contribution is 5.97. The molecule has 29 heavy (non-hydrogen) atoms. The van der Waals surface area contributed by atoms with Crippen molar-refractivity contribution < 1.29 is 9.59 Å². The van der Waals surface area contributed by atoms with E-state index in [1.165, 1.54) is 0 Å². The van der Waals surface area contributed by atoms with Gasteiger partial charge in [0.05, 0.1) is 5.41 Å². The summed E-state index contributed by atoms with van der Waals surface area (Å²) in [6, 6.07) is 7.39. The van der Waals surface area contributed by atoms with Gasteiger partial charge in [-0.25, -0.2) is 0 Å². The molecule has 1 aliphatic heterocycles. The van der Waals surface area contributed by atoms with Crippen molar-refractivity contribution in [3.8, 4) is 0 Å². The van der Waals surface area contributed by atoms with E-state index in [0.717, 1.165) is 25.9 Å². The zero-order valence-corrected chi connectivity index (χ0v) is 19.6. The lowest BCUT2D eigenvalue weighted by Gasteiger charge is -2.35. The molecular formula is C21H36Cl2N4O2. The van der Waals surface area contributed by atoms with Crippen LogP contribution >= 0.6 is 24.8 Å². The molecule has 1 aromatic rings. The first kappa shape index (κ1) is 27.7. The second kappa shape index (κ2) is 12.4. The summed E-state index contributed by atoms with van der Waals surface area (Å²) in [5.74, 6) is -0.0389. The van der Waals surface area contributed by atoms with Crippen LogP contribution in [0.2, 0.25) is 0 Å². The highest BCUT2D eigenvalue weighted by atomic mass is 35.5. The van der Waals surface area contributed by atoms with Gasteiger partial charge < -0.3 is 20.9 Å². The molecule has 0 aliphatic carbocycles. The average Bonchev–Trinajstić information content (AvgIpc) is 2.69. The molecule has 0 spiro atoms. The molecule has 1 fully saturated rings. The number of likely N-dealkylation sites (tertiary alicyclic amines) is 1. The predicted molar refractivity (Wildman–Crippen MR) is 124 cm³/mol. The Bertz CT molecular complexity index is 642. The molecule has 8 heteroatoms. The van der Waals surface area contributed by atoms with E-state index < -0.39 is 5.41 Å². The van der Waals surface area contributed by atoms with Crippen LogP contribution < -0.4 is 11.1 Å². The molecule has 0 radical (unpaired) electrons.